The lowest BCUT2D eigenvalue weighted by Crippen LogP contribution is -2.56. The van der Waals surface area contributed by atoms with Gasteiger partial charge in [-0.25, -0.2) is 0 Å². The van der Waals surface area contributed by atoms with Crippen molar-refractivity contribution < 1.29 is 4.79 Å². The average Bonchev–Trinajstić information content (AvgIpc) is 2.72. The molecule has 0 amide bonds. The Hall–Kier alpha value is -1.93. The second-order valence-electron chi connectivity index (χ2n) is 5.36. The fourth-order valence-corrected chi connectivity index (χ4v) is 7.30. The molecule has 2 heteroatoms. The Morgan fingerprint density at radius 2 is 1.35 bits per heavy atom. The van der Waals surface area contributed by atoms with Crippen molar-refractivity contribution in [1.29, 1.82) is 0 Å². The molecule has 1 heterocycles. The fraction of sp³-hybridized carbons (Fsp3) is 0.167. The van der Waals surface area contributed by atoms with Gasteiger partial charge < -0.3 is 0 Å². The van der Waals surface area contributed by atoms with E-state index in [1.807, 2.05) is 6.08 Å². The number of hydrogen-bond acceptors (Lipinski definition) is 1. The van der Waals surface area contributed by atoms with Gasteiger partial charge in [-0.05, 0) is 28.9 Å². The summed E-state index contributed by atoms with van der Waals surface area (Å²) in [5.41, 5.74) is 2.24. The molecular weight excluding hydrogens is 260 g/mol. The van der Waals surface area contributed by atoms with E-state index in [4.69, 9.17) is 0 Å². The number of allylic oxidation sites excluding steroid dienone is 1. The van der Waals surface area contributed by atoms with Crippen molar-refractivity contribution in [1.82, 2.24) is 0 Å². The second-order valence-corrected chi connectivity index (χ2v) is 9.29. The van der Waals surface area contributed by atoms with Crippen LogP contribution in [0.3, 0.4) is 0 Å². The van der Waals surface area contributed by atoms with Gasteiger partial charge in [-0.1, -0.05) is 66.4 Å². The molecule has 0 saturated carbocycles. The number of ketones is 1. The SMILES string of the molecule is O=C1C=C[Si](c2ccccc2)(c2ccccc2)CCC1. The van der Waals surface area contributed by atoms with Crippen LogP contribution in [0.1, 0.15) is 12.8 Å². The van der Waals surface area contributed by atoms with Crippen molar-refractivity contribution in [3.8, 4) is 0 Å². The normalized spacial score (nSPS) is 17.7. The van der Waals surface area contributed by atoms with Gasteiger partial charge in [0.25, 0.3) is 0 Å². The van der Waals surface area contributed by atoms with Gasteiger partial charge in [0.2, 0.25) is 0 Å². The van der Waals surface area contributed by atoms with Crippen molar-refractivity contribution >= 4 is 24.2 Å². The van der Waals surface area contributed by atoms with Crippen LogP contribution in [0, 0.1) is 0 Å². The standard InChI is InChI=1S/C18H18OSi/c19-16-8-7-14-20(15-13-16,17-9-3-1-4-10-17)18-11-5-2-6-12-18/h1-6,9-13,15H,7-8,14H2. The molecule has 0 unspecified atom stereocenters. The minimum atomic E-state index is -1.93. The van der Waals surface area contributed by atoms with Crippen LogP contribution < -0.4 is 10.4 Å². The van der Waals surface area contributed by atoms with Crippen LogP contribution in [-0.2, 0) is 4.79 Å². The summed E-state index contributed by atoms with van der Waals surface area (Å²) in [5.74, 6) is 0.270. The predicted octanol–water partition coefficient (Wildman–Crippen LogP) is 2.71. The number of benzene rings is 2. The van der Waals surface area contributed by atoms with Crippen LogP contribution in [0.4, 0.5) is 0 Å². The summed E-state index contributed by atoms with van der Waals surface area (Å²) < 4.78 is 0. The fourth-order valence-electron chi connectivity index (χ4n) is 3.06. The van der Waals surface area contributed by atoms with E-state index in [1.165, 1.54) is 10.4 Å². The number of rotatable bonds is 2. The molecular formula is C18H18OSi. The topological polar surface area (TPSA) is 17.1 Å². The van der Waals surface area contributed by atoms with Crippen LogP contribution in [0.15, 0.2) is 72.4 Å². The summed E-state index contributed by atoms with van der Waals surface area (Å²) >= 11 is 0. The first-order valence-corrected chi connectivity index (χ1v) is 9.43. The Morgan fingerprint density at radius 1 is 0.800 bits per heavy atom. The molecule has 0 bridgehead atoms. The minimum absolute atomic E-state index is 0.270. The minimum Gasteiger partial charge on any atom is -0.295 e. The molecule has 0 aromatic heterocycles. The molecule has 3 rings (SSSR count). The van der Waals surface area contributed by atoms with Gasteiger partial charge in [-0.15, -0.1) is 0 Å². The van der Waals surface area contributed by atoms with Crippen molar-refractivity contribution in [3.05, 3.63) is 72.4 Å². The molecule has 2 aromatic carbocycles. The van der Waals surface area contributed by atoms with Crippen LogP contribution in [0.2, 0.25) is 6.04 Å². The largest absolute Gasteiger partial charge is 0.295 e. The Labute approximate surface area is 121 Å². The van der Waals surface area contributed by atoms with E-state index in [-0.39, 0.29) is 5.78 Å². The monoisotopic (exact) mass is 278 g/mol. The maximum atomic E-state index is 11.8. The van der Waals surface area contributed by atoms with E-state index in [1.54, 1.807) is 0 Å². The van der Waals surface area contributed by atoms with Gasteiger partial charge in [0.05, 0.1) is 0 Å². The highest BCUT2D eigenvalue weighted by Crippen LogP contribution is 2.20. The molecule has 1 aliphatic heterocycles. The Kier molecular flexibility index (Phi) is 3.65. The smallest absolute Gasteiger partial charge is 0.155 e. The summed E-state index contributed by atoms with van der Waals surface area (Å²) in [6.07, 6.45) is 3.51. The van der Waals surface area contributed by atoms with Gasteiger partial charge in [0, 0.05) is 6.42 Å². The maximum absolute atomic E-state index is 11.8. The van der Waals surface area contributed by atoms with Gasteiger partial charge in [0.15, 0.2) is 5.78 Å². The molecule has 0 spiro atoms. The van der Waals surface area contributed by atoms with Crippen molar-refractivity contribution in [2.24, 2.45) is 0 Å². The summed E-state index contributed by atoms with van der Waals surface area (Å²) in [6.45, 7) is 0. The summed E-state index contributed by atoms with van der Waals surface area (Å²) in [7, 11) is -1.93. The highest BCUT2D eigenvalue weighted by molar-refractivity contribution is 7.06. The van der Waals surface area contributed by atoms with Crippen LogP contribution in [0.5, 0.6) is 0 Å². The van der Waals surface area contributed by atoms with Crippen LogP contribution in [-0.4, -0.2) is 13.9 Å². The van der Waals surface area contributed by atoms with Gasteiger partial charge in [-0.3, -0.25) is 4.79 Å². The lowest BCUT2D eigenvalue weighted by atomic mass is 10.2. The highest BCUT2D eigenvalue weighted by atomic mass is 28.3. The van der Waals surface area contributed by atoms with Gasteiger partial charge in [-0.2, -0.15) is 0 Å². The number of hydrogen-bond donors (Lipinski definition) is 0. The summed E-state index contributed by atoms with van der Waals surface area (Å²) in [6, 6.07) is 22.5. The third-order valence-corrected chi connectivity index (χ3v) is 8.73. The molecule has 100 valence electrons. The molecule has 0 aliphatic carbocycles. The first-order valence-electron chi connectivity index (χ1n) is 7.14. The van der Waals surface area contributed by atoms with E-state index < -0.39 is 8.07 Å². The zero-order valence-electron chi connectivity index (χ0n) is 11.5. The zero-order chi connectivity index (χ0) is 13.8. The Morgan fingerprint density at radius 3 is 1.90 bits per heavy atom. The molecule has 0 radical (unpaired) electrons. The molecule has 0 atom stereocenters. The lowest BCUT2D eigenvalue weighted by molar-refractivity contribution is -0.114. The predicted molar refractivity (Wildman–Crippen MR) is 86.1 cm³/mol. The van der Waals surface area contributed by atoms with E-state index in [9.17, 15) is 4.79 Å². The van der Waals surface area contributed by atoms with Gasteiger partial charge >= 0.3 is 0 Å². The summed E-state index contributed by atoms with van der Waals surface area (Å²) in [4.78, 5) is 11.8. The van der Waals surface area contributed by atoms with E-state index in [0.29, 0.717) is 6.42 Å². The first kappa shape index (κ1) is 13.1. The van der Waals surface area contributed by atoms with Crippen molar-refractivity contribution in [3.63, 3.8) is 0 Å². The first-order chi connectivity index (χ1) is 9.81. The molecule has 2 aromatic rings. The van der Waals surface area contributed by atoms with Crippen LogP contribution in [0.25, 0.3) is 0 Å². The quantitative estimate of drug-likeness (QED) is 0.772. The third-order valence-electron chi connectivity index (χ3n) is 4.13. The zero-order valence-corrected chi connectivity index (χ0v) is 12.5. The van der Waals surface area contributed by atoms with Crippen molar-refractivity contribution in [2.75, 3.05) is 0 Å². The maximum Gasteiger partial charge on any atom is 0.155 e. The molecule has 0 fully saturated rings. The lowest BCUT2D eigenvalue weighted by Gasteiger charge is -2.29. The van der Waals surface area contributed by atoms with Crippen LogP contribution >= 0.6 is 0 Å². The van der Waals surface area contributed by atoms with Crippen molar-refractivity contribution in [2.45, 2.75) is 18.9 Å². The second kappa shape index (κ2) is 5.59. The van der Waals surface area contributed by atoms with E-state index >= 15 is 0 Å². The van der Waals surface area contributed by atoms with Gasteiger partial charge in [0.1, 0.15) is 8.07 Å². The van der Waals surface area contributed by atoms with E-state index in [0.717, 1.165) is 12.5 Å². The molecule has 1 nitrogen and oxygen atoms in total. The molecule has 0 saturated heterocycles. The van der Waals surface area contributed by atoms with E-state index in [2.05, 4.69) is 66.4 Å². The average molecular weight is 278 g/mol. The highest BCUT2D eigenvalue weighted by Gasteiger charge is 2.35. The molecule has 1 aliphatic rings. The third kappa shape index (κ3) is 2.39. The Bertz CT molecular complexity index is 577. The number of carbonyl (C=O) groups excluding carboxylic acids is 1. The summed E-state index contributed by atoms with van der Waals surface area (Å²) in [5, 5.41) is 2.80. The Balaban J connectivity index is 2.18. The number of carbonyl (C=O) groups is 1. The molecule has 0 N–H and O–H groups in total. The molecule has 20 heavy (non-hydrogen) atoms.